The van der Waals surface area contributed by atoms with Crippen LogP contribution in [0.25, 0.3) is 11.3 Å². The van der Waals surface area contributed by atoms with Crippen molar-refractivity contribution in [3.63, 3.8) is 0 Å². The van der Waals surface area contributed by atoms with E-state index in [2.05, 4.69) is 11.9 Å². The van der Waals surface area contributed by atoms with Crippen LogP contribution >= 0.6 is 0 Å². The van der Waals surface area contributed by atoms with Crippen molar-refractivity contribution in [1.82, 2.24) is 4.98 Å². The summed E-state index contributed by atoms with van der Waals surface area (Å²) in [4.78, 5) is 58.1. The number of nitrogens with zero attached hydrogens (tertiary/aromatic N) is 1. The smallest absolute Gasteiger partial charge is 0.345 e. The van der Waals surface area contributed by atoms with Gasteiger partial charge >= 0.3 is 23.5 Å². The summed E-state index contributed by atoms with van der Waals surface area (Å²) < 4.78 is 31.5. The van der Waals surface area contributed by atoms with Crippen LogP contribution in [0.2, 0.25) is 0 Å². The lowest BCUT2D eigenvalue weighted by Crippen LogP contribution is -2.71. The topological polar surface area (TPSA) is 151 Å². The molecular weight excluding hydrogens is 654 g/mol. The monoisotopic (exact) mass is 703 g/mol. The molecule has 0 amide bonds. The van der Waals surface area contributed by atoms with Crippen molar-refractivity contribution in [3.05, 3.63) is 46.6 Å². The number of aromatic nitrogens is 1. The number of pyridine rings is 1. The van der Waals surface area contributed by atoms with Crippen LogP contribution in [0.3, 0.4) is 0 Å². The van der Waals surface area contributed by atoms with Crippen LogP contribution < -0.4 is 10.4 Å². The summed E-state index contributed by atoms with van der Waals surface area (Å²) in [7, 11) is 0. The zero-order valence-electron chi connectivity index (χ0n) is 29.8. The minimum Gasteiger partial charge on any atom is -0.482 e. The molecule has 11 heteroatoms. The average molecular weight is 704 g/mol. The average Bonchev–Trinajstić information content (AvgIpc) is 3.00. The van der Waals surface area contributed by atoms with Crippen molar-refractivity contribution < 1.29 is 42.9 Å². The molecule has 2 aromatic heterocycles. The summed E-state index contributed by atoms with van der Waals surface area (Å²) in [5.41, 5.74) is -2.97. The number of hydrogen-bond acceptors (Lipinski definition) is 11. The molecular formula is C40H49NO10. The van der Waals surface area contributed by atoms with Gasteiger partial charge in [-0.05, 0) is 88.2 Å². The highest BCUT2D eigenvalue weighted by Gasteiger charge is 2.71. The molecule has 3 heterocycles. The first-order valence-corrected chi connectivity index (χ1v) is 19.0. The quantitative estimate of drug-likeness (QED) is 0.251. The fourth-order valence-corrected chi connectivity index (χ4v) is 10.1. The summed E-state index contributed by atoms with van der Waals surface area (Å²) in [5.74, 6) is -1.90. The van der Waals surface area contributed by atoms with Crippen LogP contribution in [0.4, 0.5) is 0 Å². The van der Waals surface area contributed by atoms with E-state index < -0.39 is 46.3 Å². The third-order valence-corrected chi connectivity index (χ3v) is 13.9. The zero-order valence-corrected chi connectivity index (χ0v) is 29.8. The lowest BCUT2D eigenvalue weighted by Gasteiger charge is -2.66. The molecule has 0 aromatic carbocycles. The minimum atomic E-state index is -1.33. The molecule has 1 N–H and O–H groups in total. The second-order valence-electron chi connectivity index (χ2n) is 16.8. The number of rotatable bonds is 8. The fraction of sp³-hybridized carbons (Fsp3) is 0.675. The molecule has 5 fully saturated rings. The maximum Gasteiger partial charge on any atom is 0.345 e. The van der Waals surface area contributed by atoms with E-state index in [1.54, 1.807) is 30.6 Å². The molecule has 0 saturated heterocycles. The van der Waals surface area contributed by atoms with Gasteiger partial charge in [0, 0.05) is 35.4 Å². The van der Waals surface area contributed by atoms with E-state index in [0.29, 0.717) is 24.8 Å². The van der Waals surface area contributed by atoms with E-state index in [4.69, 9.17) is 23.4 Å². The number of fused-ring (bicyclic) bond motifs is 4. The third-order valence-electron chi connectivity index (χ3n) is 13.9. The molecule has 1 aliphatic heterocycles. The minimum absolute atomic E-state index is 0.0160. The Bertz CT molecular complexity index is 1750. The normalized spacial score (nSPS) is 36.0. The summed E-state index contributed by atoms with van der Waals surface area (Å²) in [6, 6.07) is 5.12. The highest BCUT2D eigenvalue weighted by atomic mass is 16.6. The predicted octanol–water partition coefficient (Wildman–Crippen LogP) is 6.10. The lowest BCUT2D eigenvalue weighted by atomic mass is 9.42. The molecule has 1 unspecified atom stereocenters. The first-order chi connectivity index (χ1) is 24.4. The summed E-state index contributed by atoms with van der Waals surface area (Å²) in [6.07, 6.45) is 9.46. The first-order valence-electron chi connectivity index (χ1n) is 19.0. The molecule has 5 saturated carbocycles. The fourth-order valence-electron chi connectivity index (χ4n) is 10.1. The van der Waals surface area contributed by atoms with Crippen LogP contribution in [0.5, 0.6) is 5.75 Å². The number of esters is 3. The maximum atomic E-state index is 13.8. The van der Waals surface area contributed by atoms with Crippen molar-refractivity contribution in [2.45, 2.75) is 122 Å². The van der Waals surface area contributed by atoms with Gasteiger partial charge in [-0.15, -0.1) is 0 Å². The molecule has 0 spiro atoms. The second kappa shape index (κ2) is 12.7. The molecule has 6 aliphatic rings. The van der Waals surface area contributed by atoms with Gasteiger partial charge in [-0.1, -0.05) is 33.1 Å². The van der Waals surface area contributed by atoms with Crippen LogP contribution in [0, 0.1) is 40.4 Å². The first kappa shape index (κ1) is 34.4. The van der Waals surface area contributed by atoms with Gasteiger partial charge in [-0.3, -0.25) is 19.4 Å². The lowest BCUT2D eigenvalue weighted by molar-refractivity contribution is -0.273. The van der Waals surface area contributed by atoms with Crippen molar-refractivity contribution >= 4 is 17.9 Å². The van der Waals surface area contributed by atoms with E-state index in [0.717, 1.165) is 57.8 Å². The van der Waals surface area contributed by atoms with Gasteiger partial charge in [0.25, 0.3) is 0 Å². The number of aliphatic hydroxyl groups is 1. The van der Waals surface area contributed by atoms with Crippen molar-refractivity contribution in [2.75, 3.05) is 6.61 Å². The van der Waals surface area contributed by atoms with Gasteiger partial charge in [-0.2, -0.15) is 0 Å². The Hall–Kier alpha value is -3.73. The number of aliphatic hydroxyl groups excluding tert-OH is 1. The Kier molecular flexibility index (Phi) is 8.58. The van der Waals surface area contributed by atoms with Gasteiger partial charge in [0.15, 0.2) is 0 Å². The van der Waals surface area contributed by atoms with Crippen molar-refractivity contribution in [2.24, 2.45) is 40.4 Å². The molecule has 5 aliphatic carbocycles. The van der Waals surface area contributed by atoms with Gasteiger partial charge in [0.05, 0.1) is 23.9 Å². The second-order valence-corrected chi connectivity index (χ2v) is 16.8. The maximum absolute atomic E-state index is 13.8. The summed E-state index contributed by atoms with van der Waals surface area (Å²) in [6.45, 7) is 5.98. The van der Waals surface area contributed by atoms with E-state index in [1.807, 2.05) is 13.8 Å². The molecule has 0 radical (unpaired) electrons. The van der Waals surface area contributed by atoms with Crippen LogP contribution in [0.15, 0.2) is 39.8 Å². The van der Waals surface area contributed by atoms with Gasteiger partial charge in [0.1, 0.15) is 41.5 Å². The third kappa shape index (κ3) is 5.60. The molecule has 2 aromatic rings. The number of ether oxygens (including phenoxy) is 4. The highest BCUT2D eigenvalue weighted by molar-refractivity contribution is 5.74. The van der Waals surface area contributed by atoms with Crippen LogP contribution in [-0.2, 0) is 28.6 Å². The van der Waals surface area contributed by atoms with E-state index in [-0.39, 0.29) is 65.3 Å². The summed E-state index contributed by atoms with van der Waals surface area (Å²) in [5, 5.41) is 12.4. The largest absolute Gasteiger partial charge is 0.482 e. The molecule has 0 bridgehead atoms. The Balaban J connectivity index is 1.21. The van der Waals surface area contributed by atoms with Crippen molar-refractivity contribution in [1.29, 1.82) is 0 Å². The molecule has 274 valence electrons. The van der Waals surface area contributed by atoms with Gasteiger partial charge < -0.3 is 28.5 Å². The van der Waals surface area contributed by atoms with E-state index in [9.17, 15) is 24.3 Å². The van der Waals surface area contributed by atoms with Crippen LogP contribution in [0.1, 0.15) is 109 Å². The SMILES string of the molecule is CC1(COC(=O)C2CCC2)[C@@H](OC(=O)C2CCC2)CC[C@]2(C)[C@H]3[C@@H](O)c4c(cc(-c5cccnc5)oc4=O)O[C@]3(C)[C@@H](OC(=O)C3CCC3)C[C@@H]12. The molecule has 51 heavy (non-hydrogen) atoms. The Labute approximate surface area is 297 Å². The number of carbonyl (C=O) groups excluding carboxylic acids is 3. The highest BCUT2D eigenvalue weighted by Crippen LogP contribution is 2.68. The standard InChI is InChI=1S/C40H49NO10/c1-38-16-15-29(49-35(44)23-10-5-11-23)39(2,21-47-34(43)22-8-4-9-22)28(38)19-30(50-36(45)24-12-6-13-24)40(3)33(38)32(42)31-27(51-40)18-26(48-37(31)46)25-14-7-17-41-20-25/h7,14,17-18,20,22-24,28-30,32-33,42H,4-6,8-13,15-16,19,21H2,1-3H3/t28-,29+,30+,32+,33-,38+,39?,40-/m1/s1. The molecule has 8 rings (SSSR count). The zero-order chi connectivity index (χ0) is 35.7. The van der Waals surface area contributed by atoms with Gasteiger partial charge in [0.2, 0.25) is 0 Å². The molecule has 8 atom stereocenters. The van der Waals surface area contributed by atoms with Gasteiger partial charge in [-0.25, -0.2) is 4.79 Å². The Morgan fingerprint density at radius 2 is 1.53 bits per heavy atom. The van der Waals surface area contributed by atoms with Crippen molar-refractivity contribution in [3.8, 4) is 17.1 Å². The number of carbonyl (C=O) groups is 3. The summed E-state index contributed by atoms with van der Waals surface area (Å²) >= 11 is 0. The Morgan fingerprint density at radius 3 is 2.12 bits per heavy atom. The van der Waals surface area contributed by atoms with Crippen LogP contribution in [-0.4, -0.2) is 52.4 Å². The van der Waals surface area contributed by atoms with E-state index in [1.165, 1.54) is 0 Å². The Morgan fingerprint density at radius 1 is 0.902 bits per heavy atom. The predicted molar refractivity (Wildman–Crippen MR) is 182 cm³/mol. The number of hydrogen-bond donors (Lipinski definition) is 1. The molecule has 11 nitrogen and oxygen atoms in total. The van der Waals surface area contributed by atoms with E-state index >= 15 is 0 Å².